The average Bonchev–Trinajstić information content (AvgIpc) is 2.29. The van der Waals surface area contributed by atoms with E-state index in [-0.39, 0.29) is 25.7 Å². The summed E-state index contributed by atoms with van der Waals surface area (Å²) >= 11 is 0. The van der Waals surface area contributed by atoms with Crippen LogP contribution in [0.1, 0.15) is 407 Å². The predicted molar refractivity (Wildman–Crippen MR) is 386 cm³/mol. The van der Waals surface area contributed by atoms with Crippen LogP contribution in [0.5, 0.6) is 0 Å². The summed E-state index contributed by atoms with van der Waals surface area (Å²) in [6, 6.07) is 0. The first kappa shape index (κ1) is 93.1. The van der Waals surface area contributed by atoms with Crippen LogP contribution in [-0.4, -0.2) is 96.7 Å². The summed E-state index contributed by atoms with van der Waals surface area (Å²) < 4.78 is 68.4. The van der Waals surface area contributed by atoms with Crippen molar-refractivity contribution in [1.82, 2.24) is 0 Å². The van der Waals surface area contributed by atoms with Gasteiger partial charge in [-0.3, -0.25) is 37.3 Å². The van der Waals surface area contributed by atoms with E-state index in [0.29, 0.717) is 25.7 Å². The lowest BCUT2D eigenvalue weighted by molar-refractivity contribution is -0.161. The zero-order valence-electron chi connectivity index (χ0n) is 61.6. The highest BCUT2D eigenvalue weighted by Gasteiger charge is 2.30. The van der Waals surface area contributed by atoms with Crippen LogP contribution < -0.4 is 0 Å². The predicted octanol–water partition coefficient (Wildman–Crippen LogP) is 22.6. The Hall–Kier alpha value is -1.94. The van der Waals surface area contributed by atoms with E-state index in [0.717, 1.165) is 89.9 Å². The topological polar surface area (TPSA) is 237 Å². The van der Waals surface area contributed by atoms with Gasteiger partial charge in [0.1, 0.15) is 19.3 Å². The van der Waals surface area contributed by atoms with E-state index in [1.807, 2.05) is 0 Å². The Morgan fingerprint density at radius 3 is 0.621 bits per heavy atom. The van der Waals surface area contributed by atoms with Crippen LogP contribution in [0.3, 0.4) is 0 Å². The highest BCUT2D eigenvalue weighted by Crippen LogP contribution is 2.45. The number of phosphoric ester groups is 2. The molecule has 0 bridgehead atoms. The van der Waals surface area contributed by atoms with Crippen LogP contribution in [-0.2, 0) is 65.4 Å². The van der Waals surface area contributed by atoms with Gasteiger partial charge in [0.05, 0.1) is 26.4 Å². The number of unbranched alkanes of at least 4 members (excludes halogenated alkanes) is 51. The number of phosphoric acid groups is 2. The minimum absolute atomic E-state index is 0.106. The molecule has 0 radical (unpaired) electrons. The van der Waals surface area contributed by atoms with Crippen molar-refractivity contribution in [2.45, 2.75) is 425 Å². The van der Waals surface area contributed by atoms with Gasteiger partial charge in [-0.15, -0.1) is 0 Å². The summed E-state index contributed by atoms with van der Waals surface area (Å²) in [5.74, 6) is -2.12. The number of hydrogen-bond donors (Lipinski definition) is 3. The molecule has 0 spiro atoms. The quantitative estimate of drug-likeness (QED) is 0.0222. The largest absolute Gasteiger partial charge is 0.472 e. The number of carbonyl (C=O) groups excluding carboxylic acids is 4. The van der Waals surface area contributed by atoms with Gasteiger partial charge < -0.3 is 33.8 Å². The molecule has 17 nitrogen and oxygen atoms in total. The maximum absolute atomic E-state index is 13.1. The zero-order chi connectivity index (χ0) is 69.7. The van der Waals surface area contributed by atoms with Gasteiger partial charge in [0.25, 0.3) is 0 Å². The fraction of sp³-hybridized carbons (Fsp3) is 0.947. The molecule has 0 amide bonds. The summed E-state index contributed by atoms with van der Waals surface area (Å²) in [6.07, 6.45) is 61.2. The Labute approximate surface area is 581 Å². The molecule has 0 fully saturated rings. The molecule has 5 atom stereocenters. The third kappa shape index (κ3) is 70.3. The van der Waals surface area contributed by atoms with Crippen LogP contribution in [0.15, 0.2) is 0 Å². The van der Waals surface area contributed by atoms with Crippen molar-refractivity contribution in [3.63, 3.8) is 0 Å². The summed E-state index contributed by atoms with van der Waals surface area (Å²) in [5.41, 5.74) is 0. The molecule has 0 aromatic carbocycles. The van der Waals surface area contributed by atoms with Crippen LogP contribution >= 0.6 is 15.6 Å². The fourth-order valence-corrected chi connectivity index (χ4v) is 13.3. The third-order valence-corrected chi connectivity index (χ3v) is 19.8. The second-order valence-electron chi connectivity index (χ2n) is 27.4. The molecule has 564 valence electrons. The van der Waals surface area contributed by atoms with Gasteiger partial charge >= 0.3 is 39.5 Å². The molecule has 3 N–H and O–H groups in total. The number of rotatable bonds is 77. The molecular formula is C76H148O17P2. The highest BCUT2D eigenvalue weighted by molar-refractivity contribution is 7.47. The molecule has 0 rings (SSSR count). The van der Waals surface area contributed by atoms with Gasteiger partial charge in [0.2, 0.25) is 0 Å². The Morgan fingerprint density at radius 2 is 0.421 bits per heavy atom. The minimum Gasteiger partial charge on any atom is -0.462 e. The van der Waals surface area contributed by atoms with Gasteiger partial charge in [-0.25, -0.2) is 9.13 Å². The van der Waals surface area contributed by atoms with Gasteiger partial charge in [-0.1, -0.05) is 355 Å². The summed E-state index contributed by atoms with van der Waals surface area (Å²) in [5, 5.41) is 10.6. The van der Waals surface area contributed by atoms with E-state index in [9.17, 15) is 43.2 Å². The monoisotopic (exact) mass is 1400 g/mol. The van der Waals surface area contributed by atoms with Crippen LogP contribution in [0.2, 0.25) is 0 Å². The molecule has 0 heterocycles. The summed E-state index contributed by atoms with van der Waals surface area (Å²) in [6.45, 7) is 4.95. The van der Waals surface area contributed by atoms with Gasteiger partial charge in [0.15, 0.2) is 12.2 Å². The maximum atomic E-state index is 13.1. The molecule has 0 saturated carbocycles. The smallest absolute Gasteiger partial charge is 0.462 e. The lowest BCUT2D eigenvalue weighted by atomic mass is 10.0. The van der Waals surface area contributed by atoms with E-state index >= 15 is 0 Å². The van der Waals surface area contributed by atoms with Gasteiger partial charge in [-0.05, 0) is 25.7 Å². The summed E-state index contributed by atoms with van der Waals surface area (Å²) in [7, 11) is -9.90. The van der Waals surface area contributed by atoms with E-state index in [1.54, 1.807) is 0 Å². The van der Waals surface area contributed by atoms with Crippen LogP contribution in [0.25, 0.3) is 0 Å². The highest BCUT2D eigenvalue weighted by atomic mass is 31.2. The maximum Gasteiger partial charge on any atom is 0.472 e. The molecule has 0 aromatic heterocycles. The molecule has 0 aliphatic rings. The molecule has 0 saturated heterocycles. The zero-order valence-corrected chi connectivity index (χ0v) is 63.4. The third-order valence-electron chi connectivity index (χ3n) is 17.9. The molecule has 19 heteroatoms. The van der Waals surface area contributed by atoms with Crippen molar-refractivity contribution < 1.29 is 80.2 Å². The first-order valence-electron chi connectivity index (χ1n) is 39.8. The number of aliphatic hydroxyl groups excluding tert-OH is 1. The first-order valence-corrected chi connectivity index (χ1v) is 42.8. The minimum atomic E-state index is -4.95. The Morgan fingerprint density at radius 1 is 0.253 bits per heavy atom. The standard InChI is InChI=1S/C76H148O17P2/c1-5-9-13-17-21-25-27-29-31-32-33-34-35-36-37-39-41-43-47-51-55-59-63-76(81)93-72(67-87-74(79)61-57-53-49-46-42-40-38-30-28-26-22-18-14-10-6-2)69-91-95(84,85)89-65-70(77)64-88-94(82,83)90-68-71(92-75(80)62-58-54-50-45-24-20-16-12-8-4)66-86-73(78)60-56-52-48-44-23-19-15-11-7-3/h70-72,77H,5-69H2,1-4H3,(H,82,83)(H,84,85)/t70-,71+,72+/m0/s1. The normalized spacial score (nSPS) is 13.9. The Kier molecular flexibility index (Phi) is 69.1. The molecule has 0 aliphatic carbocycles. The van der Waals surface area contributed by atoms with Crippen LogP contribution in [0.4, 0.5) is 0 Å². The Balaban J connectivity index is 5.15. The molecular weight excluding hydrogens is 1250 g/mol. The van der Waals surface area contributed by atoms with E-state index in [2.05, 4.69) is 27.7 Å². The average molecular weight is 1400 g/mol. The second-order valence-corrected chi connectivity index (χ2v) is 30.3. The lowest BCUT2D eigenvalue weighted by Gasteiger charge is -2.21. The number of ether oxygens (including phenoxy) is 4. The van der Waals surface area contributed by atoms with Gasteiger partial charge in [0, 0.05) is 25.7 Å². The summed E-state index contributed by atoms with van der Waals surface area (Å²) in [4.78, 5) is 72.6. The van der Waals surface area contributed by atoms with E-state index < -0.39 is 97.5 Å². The van der Waals surface area contributed by atoms with E-state index in [4.69, 9.17) is 37.0 Å². The Bertz CT molecular complexity index is 1810. The van der Waals surface area contributed by atoms with E-state index in [1.165, 1.54) is 238 Å². The number of hydrogen-bond acceptors (Lipinski definition) is 15. The molecule has 0 aromatic rings. The fourth-order valence-electron chi connectivity index (χ4n) is 11.8. The SMILES string of the molecule is CCCCCCCCCCCCCCCCCCCCCCCCC(=O)O[C@H](COC(=O)CCCCCCCCCCCCCCCCC)COP(=O)(O)OC[C@@H](O)COP(=O)(O)OC[C@@H](COC(=O)CCCCCCCCCCC)OC(=O)CCCCCCCCCCC. The molecule has 95 heavy (non-hydrogen) atoms. The van der Waals surface area contributed by atoms with Crippen molar-refractivity contribution in [2.24, 2.45) is 0 Å². The second kappa shape index (κ2) is 70.5. The van der Waals surface area contributed by atoms with Crippen molar-refractivity contribution in [2.75, 3.05) is 39.6 Å². The molecule has 0 aliphatic heterocycles. The number of aliphatic hydroxyl groups is 1. The van der Waals surface area contributed by atoms with Crippen molar-refractivity contribution >= 4 is 39.5 Å². The number of carbonyl (C=O) groups is 4. The van der Waals surface area contributed by atoms with Crippen molar-refractivity contribution in [1.29, 1.82) is 0 Å². The van der Waals surface area contributed by atoms with Crippen molar-refractivity contribution in [3.8, 4) is 0 Å². The van der Waals surface area contributed by atoms with Crippen molar-refractivity contribution in [3.05, 3.63) is 0 Å². The first-order chi connectivity index (χ1) is 46.2. The number of esters is 4. The van der Waals surface area contributed by atoms with Crippen LogP contribution in [0, 0.1) is 0 Å². The lowest BCUT2D eigenvalue weighted by Crippen LogP contribution is -2.30. The molecule has 2 unspecified atom stereocenters. The van der Waals surface area contributed by atoms with Gasteiger partial charge in [-0.2, -0.15) is 0 Å².